The van der Waals surface area contributed by atoms with E-state index in [0.717, 1.165) is 44.8 Å². The van der Waals surface area contributed by atoms with E-state index in [1.165, 1.54) is 16.7 Å². The smallest absolute Gasteiger partial charge is 0.289 e. The van der Waals surface area contributed by atoms with Crippen molar-refractivity contribution in [1.29, 1.82) is 0 Å². The molecule has 0 aliphatic carbocycles. The first-order valence-corrected chi connectivity index (χ1v) is 12.5. The van der Waals surface area contributed by atoms with Gasteiger partial charge in [-0.2, -0.15) is 0 Å². The van der Waals surface area contributed by atoms with Crippen LogP contribution in [-0.4, -0.2) is 28.8 Å². The lowest BCUT2D eigenvalue weighted by Crippen LogP contribution is -2.37. The molecule has 1 amide bonds. The second-order valence-corrected chi connectivity index (χ2v) is 10.8. The van der Waals surface area contributed by atoms with Gasteiger partial charge in [0.2, 0.25) is 0 Å². The SMILES string of the molecule is CC1CCN(C(=O)c2ccc(CN(Cc3ccccc3)Cc3ccc(C(C)(C)C)cc3)o2)CC1. The summed E-state index contributed by atoms with van der Waals surface area (Å²) in [6.07, 6.45) is 2.14. The van der Waals surface area contributed by atoms with Gasteiger partial charge in [0.25, 0.3) is 5.91 Å². The van der Waals surface area contributed by atoms with Gasteiger partial charge in [-0.3, -0.25) is 9.69 Å². The maximum Gasteiger partial charge on any atom is 0.289 e. The largest absolute Gasteiger partial charge is 0.455 e. The van der Waals surface area contributed by atoms with Crippen LogP contribution in [0.25, 0.3) is 0 Å². The lowest BCUT2D eigenvalue weighted by Gasteiger charge is -2.29. The van der Waals surface area contributed by atoms with Crippen molar-refractivity contribution in [3.63, 3.8) is 0 Å². The molecule has 1 saturated heterocycles. The highest BCUT2D eigenvalue weighted by atomic mass is 16.4. The van der Waals surface area contributed by atoms with Crippen molar-refractivity contribution in [2.45, 2.75) is 65.6 Å². The van der Waals surface area contributed by atoms with E-state index >= 15 is 0 Å². The number of hydrogen-bond donors (Lipinski definition) is 0. The van der Waals surface area contributed by atoms with Crippen LogP contribution in [0.15, 0.2) is 71.1 Å². The summed E-state index contributed by atoms with van der Waals surface area (Å²) in [6.45, 7) is 12.9. The van der Waals surface area contributed by atoms with Gasteiger partial charge in [0.05, 0.1) is 6.54 Å². The molecule has 4 rings (SSSR count). The van der Waals surface area contributed by atoms with Gasteiger partial charge in [-0.15, -0.1) is 0 Å². The number of hydrogen-bond acceptors (Lipinski definition) is 3. The fourth-order valence-corrected chi connectivity index (χ4v) is 4.54. The van der Waals surface area contributed by atoms with Gasteiger partial charge < -0.3 is 9.32 Å². The molecule has 0 unspecified atom stereocenters. The van der Waals surface area contributed by atoms with Crippen LogP contribution in [0.2, 0.25) is 0 Å². The van der Waals surface area contributed by atoms with Crippen molar-refractivity contribution in [2.75, 3.05) is 13.1 Å². The zero-order valence-electron chi connectivity index (χ0n) is 21.1. The summed E-state index contributed by atoms with van der Waals surface area (Å²) in [6, 6.07) is 23.2. The number of amides is 1. The third-order valence-corrected chi connectivity index (χ3v) is 6.80. The number of piperidine rings is 1. The van der Waals surface area contributed by atoms with Gasteiger partial charge in [0.1, 0.15) is 5.76 Å². The molecule has 34 heavy (non-hydrogen) atoms. The number of furan rings is 1. The molecule has 2 aromatic carbocycles. The van der Waals surface area contributed by atoms with E-state index in [1.807, 2.05) is 23.1 Å². The number of nitrogens with zero attached hydrogens (tertiary/aromatic N) is 2. The first-order valence-electron chi connectivity index (χ1n) is 12.5. The standard InChI is InChI=1S/C30H38N2O2/c1-23-16-18-32(19-17-23)29(33)28-15-14-27(34-28)22-31(20-24-8-6-5-7-9-24)21-25-10-12-26(13-11-25)30(2,3)4/h5-15,23H,16-22H2,1-4H3. The molecule has 1 aliphatic heterocycles. The number of carbonyl (C=O) groups is 1. The summed E-state index contributed by atoms with van der Waals surface area (Å²) >= 11 is 0. The highest BCUT2D eigenvalue weighted by molar-refractivity contribution is 5.91. The molecule has 4 heteroatoms. The van der Waals surface area contributed by atoms with E-state index in [0.29, 0.717) is 18.2 Å². The quantitative estimate of drug-likeness (QED) is 0.398. The van der Waals surface area contributed by atoms with E-state index in [-0.39, 0.29) is 11.3 Å². The lowest BCUT2D eigenvalue weighted by atomic mass is 9.87. The number of likely N-dealkylation sites (tertiary alicyclic amines) is 1. The van der Waals surface area contributed by atoms with E-state index in [9.17, 15) is 4.79 Å². The second kappa shape index (κ2) is 10.6. The van der Waals surface area contributed by atoms with Gasteiger partial charge in [0, 0.05) is 26.2 Å². The molecule has 0 saturated carbocycles. The molecule has 4 nitrogen and oxygen atoms in total. The van der Waals surface area contributed by atoms with Crippen LogP contribution in [-0.2, 0) is 25.0 Å². The van der Waals surface area contributed by atoms with Crippen molar-refractivity contribution < 1.29 is 9.21 Å². The third kappa shape index (κ3) is 6.38. The Morgan fingerprint density at radius 1 is 0.882 bits per heavy atom. The Bertz CT molecular complexity index is 1060. The van der Waals surface area contributed by atoms with Crippen molar-refractivity contribution in [2.24, 2.45) is 5.92 Å². The highest BCUT2D eigenvalue weighted by Crippen LogP contribution is 2.24. The zero-order chi connectivity index (χ0) is 24.1. The minimum atomic E-state index is 0.0190. The maximum absolute atomic E-state index is 12.9. The zero-order valence-corrected chi connectivity index (χ0v) is 21.1. The van der Waals surface area contributed by atoms with E-state index in [1.54, 1.807) is 0 Å². The number of carbonyl (C=O) groups excluding carboxylic acids is 1. The predicted octanol–water partition coefficient (Wildman–Crippen LogP) is 6.65. The summed E-state index contributed by atoms with van der Waals surface area (Å²) in [5, 5.41) is 0. The first kappa shape index (κ1) is 24.3. The Balaban J connectivity index is 1.47. The third-order valence-electron chi connectivity index (χ3n) is 6.80. The predicted molar refractivity (Wildman–Crippen MR) is 138 cm³/mol. The minimum Gasteiger partial charge on any atom is -0.455 e. The fraction of sp³-hybridized carbons (Fsp3) is 0.433. The average molecular weight is 459 g/mol. The van der Waals surface area contributed by atoms with E-state index < -0.39 is 0 Å². The van der Waals surface area contributed by atoms with E-state index in [4.69, 9.17) is 4.42 Å². The Morgan fingerprint density at radius 3 is 2.12 bits per heavy atom. The van der Waals surface area contributed by atoms with Gasteiger partial charge in [0.15, 0.2) is 5.76 Å². The molecule has 1 fully saturated rings. The molecule has 180 valence electrons. The molecule has 0 N–H and O–H groups in total. The summed E-state index contributed by atoms with van der Waals surface area (Å²) in [5.74, 6) is 2.00. The van der Waals surface area contributed by atoms with Crippen molar-refractivity contribution in [3.8, 4) is 0 Å². The Kier molecular flexibility index (Phi) is 7.57. The molecule has 0 spiro atoms. The normalized spacial score (nSPS) is 15.1. The first-order chi connectivity index (χ1) is 16.3. The van der Waals surface area contributed by atoms with Crippen molar-refractivity contribution >= 4 is 5.91 Å². The monoisotopic (exact) mass is 458 g/mol. The van der Waals surface area contributed by atoms with Crippen LogP contribution < -0.4 is 0 Å². The highest BCUT2D eigenvalue weighted by Gasteiger charge is 2.24. The molecule has 0 bridgehead atoms. The molecule has 1 aliphatic rings. The fourth-order valence-electron chi connectivity index (χ4n) is 4.54. The summed E-state index contributed by atoms with van der Waals surface area (Å²) in [5.41, 5.74) is 4.02. The molecular weight excluding hydrogens is 420 g/mol. The van der Waals surface area contributed by atoms with Gasteiger partial charge >= 0.3 is 0 Å². The summed E-state index contributed by atoms with van der Waals surface area (Å²) < 4.78 is 6.06. The van der Waals surface area contributed by atoms with Crippen LogP contribution >= 0.6 is 0 Å². The number of rotatable bonds is 7. The molecule has 0 radical (unpaired) electrons. The van der Waals surface area contributed by atoms with Crippen LogP contribution in [0.5, 0.6) is 0 Å². The topological polar surface area (TPSA) is 36.7 Å². The molecule has 0 atom stereocenters. The Morgan fingerprint density at radius 2 is 1.50 bits per heavy atom. The molecule has 3 aromatic rings. The van der Waals surface area contributed by atoms with Crippen LogP contribution in [0.4, 0.5) is 0 Å². The second-order valence-electron chi connectivity index (χ2n) is 10.8. The van der Waals surface area contributed by atoms with Crippen molar-refractivity contribution in [3.05, 3.63) is 94.9 Å². The van der Waals surface area contributed by atoms with Crippen LogP contribution in [0, 0.1) is 5.92 Å². The molecule has 1 aromatic heterocycles. The van der Waals surface area contributed by atoms with E-state index in [2.05, 4.69) is 81.1 Å². The van der Waals surface area contributed by atoms with Gasteiger partial charge in [-0.1, -0.05) is 82.3 Å². The average Bonchev–Trinajstić information content (AvgIpc) is 3.28. The van der Waals surface area contributed by atoms with Crippen LogP contribution in [0.1, 0.15) is 73.5 Å². The maximum atomic E-state index is 12.9. The molecular formula is C30H38N2O2. The van der Waals surface area contributed by atoms with Gasteiger partial charge in [-0.05, 0) is 53.0 Å². The molecule has 2 heterocycles. The summed E-state index contributed by atoms with van der Waals surface area (Å²) in [4.78, 5) is 17.2. The lowest BCUT2D eigenvalue weighted by molar-refractivity contribution is 0.0661. The summed E-state index contributed by atoms with van der Waals surface area (Å²) in [7, 11) is 0. The number of benzene rings is 2. The minimum absolute atomic E-state index is 0.0190. The Labute approximate surface area is 204 Å². The van der Waals surface area contributed by atoms with Crippen molar-refractivity contribution in [1.82, 2.24) is 9.80 Å². The van der Waals surface area contributed by atoms with Gasteiger partial charge in [-0.25, -0.2) is 0 Å². The van der Waals surface area contributed by atoms with Crippen LogP contribution in [0.3, 0.4) is 0 Å². The Hall–Kier alpha value is -2.85.